The average molecular weight is 355 g/mol. The standard InChI is InChI=1S/C19H30N2O2.ClH/c1-3-16-6-8-17(9-7-16)10-13-21-12-4-5-18(11-14-21)20(2)15-19(22)23;/h6-9,18H,3-5,10-15H2,1-2H3,(H,22,23);1H. The van der Waals surface area contributed by atoms with Crippen LogP contribution in [0.5, 0.6) is 0 Å². The van der Waals surface area contributed by atoms with Gasteiger partial charge in [-0.05, 0) is 63.4 Å². The highest BCUT2D eigenvalue weighted by Crippen LogP contribution is 2.16. The maximum atomic E-state index is 10.9. The molecule has 2 rings (SSSR count). The van der Waals surface area contributed by atoms with Crippen molar-refractivity contribution in [1.29, 1.82) is 0 Å². The fraction of sp³-hybridized carbons (Fsp3) is 0.632. The van der Waals surface area contributed by atoms with E-state index in [4.69, 9.17) is 5.11 Å². The van der Waals surface area contributed by atoms with Crippen LogP contribution in [0.2, 0.25) is 0 Å². The molecule has 1 heterocycles. The number of carboxylic acid groups (broad SMARTS) is 1. The van der Waals surface area contributed by atoms with Gasteiger partial charge in [0.25, 0.3) is 0 Å². The Kier molecular flexibility index (Phi) is 9.34. The zero-order chi connectivity index (χ0) is 16.7. The van der Waals surface area contributed by atoms with Gasteiger partial charge in [0.2, 0.25) is 0 Å². The molecule has 0 aromatic heterocycles. The predicted octanol–water partition coefficient (Wildman–Crippen LogP) is 3.08. The van der Waals surface area contributed by atoms with Gasteiger partial charge >= 0.3 is 5.97 Å². The second-order valence-corrected chi connectivity index (χ2v) is 6.66. The Morgan fingerprint density at radius 1 is 1.21 bits per heavy atom. The third-order valence-corrected chi connectivity index (χ3v) is 4.95. The fourth-order valence-electron chi connectivity index (χ4n) is 3.37. The van der Waals surface area contributed by atoms with Crippen LogP contribution < -0.4 is 0 Å². The van der Waals surface area contributed by atoms with E-state index >= 15 is 0 Å². The van der Waals surface area contributed by atoms with E-state index in [9.17, 15) is 4.79 Å². The molecule has 0 bridgehead atoms. The zero-order valence-corrected chi connectivity index (χ0v) is 15.7. The van der Waals surface area contributed by atoms with Crippen molar-refractivity contribution in [1.82, 2.24) is 9.80 Å². The molecule has 1 N–H and O–H groups in total. The molecule has 1 unspecified atom stereocenters. The Hall–Kier alpha value is -1.10. The molecule has 1 aliphatic heterocycles. The van der Waals surface area contributed by atoms with Gasteiger partial charge in [0.1, 0.15) is 0 Å². The molecule has 0 aliphatic carbocycles. The summed E-state index contributed by atoms with van der Waals surface area (Å²) in [6.07, 6.45) is 5.52. The molecule has 1 atom stereocenters. The van der Waals surface area contributed by atoms with Crippen molar-refractivity contribution < 1.29 is 9.90 Å². The molecule has 24 heavy (non-hydrogen) atoms. The highest BCUT2D eigenvalue weighted by molar-refractivity contribution is 5.85. The largest absolute Gasteiger partial charge is 0.480 e. The van der Waals surface area contributed by atoms with E-state index < -0.39 is 5.97 Å². The van der Waals surface area contributed by atoms with Gasteiger partial charge in [-0.25, -0.2) is 0 Å². The summed E-state index contributed by atoms with van der Waals surface area (Å²) in [6.45, 7) is 5.63. The highest BCUT2D eigenvalue weighted by Gasteiger charge is 2.21. The monoisotopic (exact) mass is 354 g/mol. The molecular formula is C19H31ClN2O2. The summed E-state index contributed by atoms with van der Waals surface area (Å²) in [5.41, 5.74) is 2.80. The van der Waals surface area contributed by atoms with Crippen molar-refractivity contribution in [3.05, 3.63) is 35.4 Å². The predicted molar refractivity (Wildman–Crippen MR) is 101 cm³/mol. The molecule has 0 radical (unpaired) electrons. The van der Waals surface area contributed by atoms with Gasteiger partial charge in [0.05, 0.1) is 6.54 Å². The van der Waals surface area contributed by atoms with Gasteiger partial charge in [-0.15, -0.1) is 12.4 Å². The molecule has 1 aromatic rings. The van der Waals surface area contributed by atoms with Gasteiger partial charge in [-0.1, -0.05) is 31.2 Å². The Bertz CT molecular complexity index is 493. The van der Waals surface area contributed by atoms with Crippen molar-refractivity contribution in [2.75, 3.05) is 33.2 Å². The zero-order valence-electron chi connectivity index (χ0n) is 14.9. The van der Waals surface area contributed by atoms with E-state index in [1.165, 1.54) is 11.1 Å². The number of hydrogen-bond donors (Lipinski definition) is 1. The number of likely N-dealkylation sites (N-methyl/N-ethyl adjacent to an activating group) is 1. The summed E-state index contributed by atoms with van der Waals surface area (Å²) >= 11 is 0. The van der Waals surface area contributed by atoms with E-state index in [1.807, 2.05) is 11.9 Å². The van der Waals surface area contributed by atoms with Crippen LogP contribution in [0.4, 0.5) is 0 Å². The first-order chi connectivity index (χ1) is 11.1. The number of likely N-dealkylation sites (tertiary alicyclic amines) is 1. The Morgan fingerprint density at radius 2 is 1.88 bits per heavy atom. The van der Waals surface area contributed by atoms with Crippen LogP contribution in [-0.4, -0.2) is 60.1 Å². The SMILES string of the molecule is CCc1ccc(CCN2CCCC(N(C)CC(=O)O)CC2)cc1.Cl. The highest BCUT2D eigenvalue weighted by atomic mass is 35.5. The number of rotatable bonds is 7. The van der Waals surface area contributed by atoms with E-state index in [0.717, 1.165) is 51.7 Å². The van der Waals surface area contributed by atoms with Crippen molar-refractivity contribution in [2.24, 2.45) is 0 Å². The molecule has 0 amide bonds. The van der Waals surface area contributed by atoms with Crippen molar-refractivity contribution in [3.8, 4) is 0 Å². The van der Waals surface area contributed by atoms with E-state index in [0.29, 0.717) is 6.04 Å². The summed E-state index contributed by atoms with van der Waals surface area (Å²) in [5.74, 6) is -0.732. The topological polar surface area (TPSA) is 43.8 Å². The molecule has 136 valence electrons. The molecule has 0 saturated carbocycles. The summed E-state index contributed by atoms with van der Waals surface area (Å²) in [7, 11) is 1.93. The number of halogens is 1. The van der Waals surface area contributed by atoms with Crippen LogP contribution in [0, 0.1) is 0 Å². The lowest BCUT2D eigenvalue weighted by Gasteiger charge is -2.25. The molecule has 1 saturated heterocycles. The number of aliphatic carboxylic acids is 1. The summed E-state index contributed by atoms with van der Waals surface area (Å²) in [5, 5.41) is 8.93. The van der Waals surface area contributed by atoms with Crippen molar-refractivity contribution >= 4 is 18.4 Å². The van der Waals surface area contributed by atoms with Crippen LogP contribution in [-0.2, 0) is 17.6 Å². The van der Waals surface area contributed by atoms with Crippen molar-refractivity contribution in [3.63, 3.8) is 0 Å². The molecule has 4 nitrogen and oxygen atoms in total. The maximum Gasteiger partial charge on any atom is 0.317 e. The molecule has 0 spiro atoms. The number of benzene rings is 1. The van der Waals surface area contributed by atoms with Crippen LogP contribution >= 0.6 is 12.4 Å². The molecular weight excluding hydrogens is 324 g/mol. The first-order valence-electron chi connectivity index (χ1n) is 8.80. The van der Waals surface area contributed by atoms with Gasteiger partial charge in [0.15, 0.2) is 0 Å². The minimum atomic E-state index is -0.732. The van der Waals surface area contributed by atoms with Crippen molar-refractivity contribution in [2.45, 2.75) is 45.1 Å². The van der Waals surface area contributed by atoms with Gasteiger partial charge < -0.3 is 10.0 Å². The van der Waals surface area contributed by atoms with E-state index in [2.05, 4.69) is 36.1 Å². The number of carboxylic acids is 1. The third kappa shape index (κ3) is 6.80. The van der Waals surface area contributed by atoms with Crippen LogP contribution in [0.1, 0.15) is 37.3 Å². The van der Waals surface area contributed by atoms with Crippen LogP contribution in [0.25, 0.3) is 0 Å². The second-order valence-electron chi connectivity index (χ2n) is 6.66. The maximum absolute atomic E-state index is 10.9. The molecule has 1 fully saturated rings. The Morgan fingerprint density at radius 3 is 2.50 bits per heavy atom. The summed E-state index contributed by atoms with van der Waals surface area (Å²) < 4.78 is 0. The smallest absolute Gasteiger partial charge is 0.317 e. The normalized spacial score (nSPS) is 18.9. The van der Waals surface area contributed by atoms with Crippen LogP contribution in [0.3, 0.4) is 0 Å². The minimum absolute atomic E-state index is 0. The Labute approximate surface area is 152 Å². The minimum Gasteiger partial charge on any atom is -0.480 e. The van der Waals surface area contributed by atoms with Crippen LogP contribution in [0.15, 0.2) is 24.3 Å². The molecule has 1 aliphatic rings. The molecule has 1 aromatic carbocycles. The van der Waals surface area contributed by atoms with Gasteiger partial charge in [-0.3, -0.25) is 9.69 Å². The molecule has 5 heteroatoms. The van der Waals surface area contributed by atoms with E-state index in [1.54, 1.807) is 0 Å². The fourth-order valence-corrected chi connectivity index (χ4v) is 3.37. The lowest BCUT2D eigenvalue weighted by molar-refractivity contribution is -0.138. The number of hydrogen-bond acceptors (Lipinski definition) is 3. The first-order valence-corrected chi connectivity index (χ1v) is 8.80. The number of nitrogens with zero attached hydrogens (tertiary/aromatic N) is 2. The summed E-state index contributed by atoms with van der Waals surface area (Å²) in [6, 6.07) is 9.36. The first kappa shape index (κ1) is 20.9. The van der Waals surface area contributed by atoms with Gasteiger partial charge in [-0.2, -0.15) is 0 Å². The lowest BCUT2D eigenvalue weighted by atomic mass is 10.1. The third-order valence-electron chi connectivity index (χ3n) is 4.95. The Balaban J connectivity index is 0.00000288. The van der Waals surface area contributed by atoms with Gasteiger partial charge in [0, 0.05) is 12.6 Å². The number of carbonyl (C=O) groups is 1. The second kappa shape index (κ2) is 10.7. The average Bonchev–Trinajstić information content (AvgIpc) is 2.78. The summed E-state index contributed by atoms with van der Waals surface area (Å²) in [4.78, 5) is 15.4. The number of aryl methyl sites for hydroxylation is 1. The lowest BCUT2D eigenvalue weighted by Crippen LogP contribution is -2.36. The van der Waals surface area contributed by atoms with E-state index in [-0.39, 0.29) is 19.0 Å². The quantitative estimate of drug-likeness (QED) is 0.817.